The van der Waals surface area contributed by atoms with Gasteiger partial charge in [-0.05, 0) is 24.6 Å². The number of hydrogen-bond donors (Lipinski definition) is 1. The average Bonchev–Trinajstić information content (AvgIpc) is 3.05. The molecule has 0 saturated carbocycles. The molecule has 8 heteroatoms. The minimum Gasteiger partial charge on any atom is -0.377 e. The van der Waals surface area contributed by atoms with Crippen molar-refractivity contribution in [3.63, 3.8) is 0 Å². The Morgan fingerprint density at radius 2 is 2.32 bits per heavy atom. The Morgan fingerprint density at radius 3 is 3.14 bits per heavy atom. The van der Waals surface area contributed by atoms with E-state index in [-0.39, 0.29) is 12.3 Å². The molecule has 0 aromatic carbocycles. The van der Waals surface area contributed by atoms with Crippen LogP contribution < -0.4 is 5.32 Å². The van der Waals surface area contributed by atoms with Crippen LogP contribution >= 0.6 is 11.3 Å². The third-order valence-electron chi connectivity index (χ3n) is 2.99. The number of carbonyl (C=O) groups excluding carboxylic acids is 1. The number of nitrogens with one attached hydrogen (secondary N) is 1. The summed E-state index contributed by atoms with van der Waals surface area (Å²) in [6, 6.07) is 3.97. The Morgan fingerprint density at radius 1 is 1.45 bits per heavy atom. The molecule has 1 N–H and O–H groups in total. The lowest BCUT2D eigenvalue weighted by Gasteiger charge is -1.97. The molecule has 3 aromatic rings. The van der Waals surface area contributed by atoms with Gasteiger partial charge in [-0.2, -0.15) is 0 Å². The Bertz CT molecular complexity index is 811. The largest absolute Gasteiger partial charge is 0.377 e. The number of amides is 1. The topological polar surface area (TPSA) is 81.4 Å². The van der Waals surface area contributed by atoms with Crippen LogP contribution in [0.4, 0.5) is 5.13 Å². The number of fused-ring (bicyclic) bond motifs is 1. The second kappa shape index (κ2) is 6.20. The third kappa shape index (κ3) is 3.29. The van der Waals surface area contributed by atoms with Crippen molar-refractivity contribution in [1.82, 2.24) is 19.6 Å². The molecule has 3 aromatic heterocycles. The number of hydrogen-bond acceptors (Lipinski definition) is 6. The molecule has 3 heterocycles. The van der Waals surface area contributed by atoms with Gasteiger partial charge in [-0.15, -0.1) is 10.2 Å². The van der Waals surface area contributed by atoms with Gasteiger partial charge >= 0.3 is 0 Å². The molecule has 0 unspecified atom stereocenters. The zero-order valence-corrected chi connectivity index (χ0v) is 13.1. The number of imidazole rings is 1. The summed E-state index contributed by atoms with van der Waals surface area (Å²) >= 11 is 1.30. The summed E-state index contributed by atoms with van der Waals surface area (Å²) in [5.74, 6) is -0.166. The minimum atomic E-state index is -0.166. The smallest absolute Gasteiger partial charge is 0.232 e. The first-order chi connectivity index (χ1) is 10.6. The van der Waals surface area contributed by atoms with Crippen molar-refractivity contribution in [2.24, 2.45) is 0 Å². The van der Waals surface area contributed by atoms with Crippen molar-refractivity contribution in [2.45, 2.75) is 20.0 Å². The number of pyridine rings is 1. The maximum atomic E-state index is 12.0. The van der Waals surface area contributed by atoms with Gasteiger partial charge in [0.05, 0.1) is 12.1 Å². The standard InChI is InChI=1S/C14H15N5O2S/c1-9-3-4-19-7-10(15-11(19)5-9)6-12(20)16-14-18-17-13(22-14)8-21-2/h3-5,7H,6,8H2,1-2H3,(H,16,18,20). The van der Waals surface area contributed by atoms with E-state index in [4.69, 9.17) is 4.74 Å². The molecule has 0 saturated heterocycles. The second-order valence-corrected chi connectivity index (χ2v) is 5.92. The molecule has 0 atom stereocenters. The van der Waals surface area contributed by atoms with E-state index in [2.05, 4.69) is 20.5 Å². The molecule has 22 heavy (non-hydrogen) atoms. The number of rotatable bonds is 5. The maximum Gasteiger partial charge on any atom is 0.232 e. The average molecular weight is 317 g/mol. The lowest BCUT2D eigenvalue weighted by molar-refractivity contribution is -0.115. The lowest BCUT2D eigenvalue weighted by atomic mass is 10.3. The normalized spacial score (nSPS) is 11.0. The van der Waals surface area contributed by atoms with Gasteiger partial charge in [-0.1, -0.05) is 11.3 Å². The minimum absolute atomic E-state index is 0.166. The zero-order chi connectivity index (χ0) is 15.5. The SMILES string of the molecule is COCc1nnc(NC(=O)Cc2cn3ccc(C)cc3n2)s1. The maximum absolute atomic E-state index is 12.0. The van der Waals surface area contributed by atoms with Crippen LogP contribution in [0.5, 0.6) is 0 Å². The molecule has 7 nitrogen and oxygen atoms in total. The molecule has 114 valence electrons. The summed E-state index contributed by atoms with van der Waals surface area (Å²) in [4.78, 5) is 16.5. The van der Waals surface area contributed by atoms with Crippen LogP contribution in [-0.4, -0.2) is 32.6 Å². The number of aromatic nitrogens is 4. The number of anilines is 1. The molecule has 3 rings (SSSR count). The van der Waals surface area contributed by atoms with Crippen molar-refractivity contribution >= 4 is 28.0 Å². The fraction of sp³-hybridized carbons (Fsp3) is 0.286. The van der Waals surface area contributed by atoms with Crippen molar-refractivity contribution in [2.75, 3.05) is 12.4 Å². The third-order valence-corrected chi connectivity index (χ3v) is 3.80. The molecular weight excluding hydrogens is 302 g/mol. The van der Waals surface area contributed by atoms with Crippen molar-refractivity contribution in [3.05, 3.63) is 40.8 Å². The first-order valence-electron chi connectivity index (χ1n) is 6.69. The highest BCUT2D eigenvalue weighted by atomic mass is 32.1. The zero-order valence-electron chi connectivity index (χ0n) is 12.2. The summed E-state index contributed by atoms with van der Waals surface area (Å²) < 4.78 is 6.87. The van der Waals surface area contributed by atoms with E-state index in [1.807, 2.05) is 35.9 Å². The van der Waals surface area contributed by atoms with E-state index in [1.54, 1.807) is 7.11 Å². The summed E-state index contributed by atoms with van der Waals surface area (Å²) in [6.07, 6.45) is 3.98. The summed E-state index contributed by atoms with van der Waals surface area (Å²) in [7, 11) is 1.59. The first kappa shape index (κ1) is 14.6. The van der Waals surface area contributed by atoms with Gasteiger partial charge in [0.2, 0.25) is 11.0 Å². The van der Waals surface area contributed by atoms with Crippen LogP contribution in [0.25, 0.3) is 5.65 Å². The molecule has 0 spiro atoms. The highest BCUT2D eigenvalue weighted by molar-refractivity contribution is 7.15. The number of nitrogens with zero attached hydrogens (tertiary/aromatic N) is 4. The van der Waals surface area contributed by atoms with Gasteiger partial charge in [-0.3, -0.25) is 4.79 Å². The summed E-state index contributed by atoms with van der Waals surface area (Å²) in [6.45, 7) is 2.40. The molecule has 0 bridgehead atoms. The second-order valence-electron chi connectivity index (χ2n) is 4.86. The van der Waals surface area contributed by atoms with E-state index < -0.39 is 0 Å². The Balaban J connectivity index is 1.66. The van der Waals surface area contributed by atoms with Gasteiger partial charge in [-0.25, -0.2) is 4.98 Å². The molecular formula is C14H15N5O2S. The summed E-state index contributed by atoms with van der Waals surface area (Å²) in [5.41, 5.74) is 2.68. The van der Waals surface area contributed by atoms with E-state index in [0.29, 0.717) is 17.4 Å². The quantitative estimate of drug-likeness (QED) is 0.776. The highest BCUT2D eigenvalue weighted by Gasteiger charge is 2.11. The van der Waals surface area contributed by atoms with Gasteiger partial charge in [0.25, 0.3) is 0 Å². The fourth-order valence-electron chi connectivity index (χ4n) is 2.04. The molecule has 0 aliphatic rings. The van der Waals surface area contributed by atoms with Gasteiger partial charge in [0, 0.05) is 19.5 Å². The van der Waals surface area contributed by atoms with Crippen molar-refractivity contribution in [1.29, 1.82) is 0 Å². The van der Waals surface area contributed by atoms with E-state index in [1.165, 1.54) is 11.3 Å². The Kier molecular flexibility index (Phi) is 4.12. The number of methoxy groups -OCH3 is 1. The summed E-state index contributed by atoms with van der Waals surface area (Å²) in [5, 5.41) is 11.7. The molecule has 0 fully saturated rings. The number of ether oxygens (including phenoxy) is 1. The molecule has 1 amide bonds. The van der Waals surface area contributed by atoms with Gasteiger partial charge in [0.1, 0.15) is 17.3 Å². The molecule has 0 aliphatic heterocycles. The lowest BCUT2D eigenvalue weighted by Crippen LogP contribution is -2.14. The molecule has 0 radical (unpaired) electrons. The van der Waals surface area contributed by atoms with Crippen LogP contribution in [0.1, 0.15) is 16.3 Å². The van der Waals surface area contributed by atoms with E-state index in [9.17, 15) is 4.79 Å². The van der Waals surface area contributed by atoms with Crippen LogP contribution in [0, 0.1) is 6.92 Å². The van der Waals surface area contributed by atoms with Crippen molar-refractivity contribution in [3.8, 4) is 0 Å². The van der Waals surface area contributed by atoms with E-state index >= 15 is 0 Å². The fourth-order valence-corrected chi connectivity index (χ4v) is 2.76. The van der Waals surface area contributed by atoms with Gasteiger partial charge in [0.15, 0.2) is 0 Å². The highest BCUT2D eigenvalue weighted by Crippen LogP contribution is 2.16. The van der Waals surface area contributed by atoms with Crippen LogP contribution in [0.15, 0.2) is 24.5 Å². The monoisotopic (exact) mass is 317 g/mol. The predicted octanol–water partition coefficient (Wildman–Crippen LogP) is 1.82. The Hall–Kier alpha value is -2.32. The van der Waals surface area contributed by atoms with Crippen LogP contribution in [0.3, 0.4) is 0 Å². The first-order valence-corrected chi connectivity index (χ1v) is 7.51. The van der Waals surface area contributed by atoms with Crippen LogP contribution in [0.2, 0.25) is 0 Å². The number of aryl methyl sites for hydroxylation is 1. The molecule has 0 aliphatic carbocycles. The van der Waals surface area contributed by atoms with Crippen molar-refractivity contribution < 1.29 is 9.53 Å². The predicted molar refractivity (Wildman–Crippen MR) is 82.9 cm³/mol. The number of carbonyl (C=O) groups is 1. The Labute approximate surface area is 131 Å². The van der Waals surface area contributed by atoms with E-state index in [0.717, 1.165) is 16.2 Å². The van der Waals surface area contributed by atoms with Crippen LogP contribution in [-0.2, 0) is 22.6 Å². The van der Waals surface area contributed by atoms with Gasteiger partial charge < -0.3 is 14.5 Å².